The van der Waals surface area contributed by atoms with Gasteiger partial charge in [0.05, 0.1) is 30.3 Å². The van der Waals surface area contributed by atoms with Crippen molar-refractivity contribution in [1.82, 2.24) is 4.90 Å². The number of carbonyl (C=O) groups is 1. The lowest BCUT2D eigenvalue weighted by Crippen LogP contribution is -2.36. The van der Waals surface area contributed by atoms with E-state index in [2.05, 4.69) is 15.2 Å². The van der Waals surface area contributed by atoms with Crippen molar-refractivity contribution in [2.75, 3.05) is 61.9 Å². The zero-order valence-corrected chi connectivity index (χ0v) is 19.4. The van der Waals surface area contributed by atoms with Crippen molar-refractivity contribution >= 4 is 29.3 Å². The van der Waals surface area contributed by atoms with E-state index in [0.717, 1.165) is 53.9 Å². The Morgan fingerprint density at radius 3 is 2.61 bits per heavy atom. The highest BCUT2D eigenvalue weighted by Gasteiger charge is 2.21. The summed E-state index contributed by atoms with van der Waals surface area (Å²) in [5, 5.41) is 2.76. The minimum atomic E-state index is -0.444. The summed E-state index contributed by atoms with van der Waals surface area (Å²) in [5.74, 6) is -0.444. The fourth-order valence-electron chi connectivity index (χ4n) is 4.37. The Balaban J connectivity index is 1.75. The molecule has 2 aliphatic rings. The topological polar surface area (TPSA) is 83.2 Å². The number of ether oxygens (including phenoxy) is 1. The number of amides is 2. The number of nitrogens with two attached hydrogens (primary N) is 1. The summed E-state index contributed by atoms with van der Waals surface area (Å²) in [6.45, 7) is 8.68. The maximum Gasteiger partial charge on any atom is 0.321 e. The van der Waals surface area contributed by atoms with Crippen molar-refractivity contribution in [3.63, 3.8) is 0 Å². The second kappa shape index (κ2) is 10.2. The molecule has 2 saturated heterocycles. The number of nitrogens with one attached hydrogen (secondary N) is 1. The van der Waals surface area contributed by atoms with Crippen LogP contribution in [-0.4, -0.2) is 63.1 Å². The Kier molecular flexibility index (Phi) is 7.13. The third-order valence-electron chi connectivity index (χ3n) is 6.21. The molecule has 0 radical (unpaired) electrons. The number of anilines is 3. The molecule has 0 atom stereocenters. The van der Waals surface area contributed by atoms with Crippen molar-refractivity contribution in [3.8, 4) is 11.1 Å². The van der Waals surface area contributed by atoms with Crippen LogP contribution in [0.15, 0.2) is 29.3 Å². The van der Waals surface area contributed by atoms with E-state index in [0.29, 0.717) is 38.5 Å². The van der Waals surface area contributed by atoms with Gasteiger partial charge >= 0.3 is 6.03 Å². The first-order valence-corrected chi connectivity index (χ1v) is 11.6. The van der Waals surface area contributed by atoms with Crippen LogP contribution in [0.25, 0.3) is 11.1 Å². The number of halogens is 1. The first kappa shape index (κ1) is 23.0. The third kappa shape index (κ3) is 5.11. The number of morpholine rings is 1. The Morgan fingerprint density at radius 1 is 1.18 bits per heavy atom. The van der Waals surface area contributed by atoms with Crippen LogP contribution < -0.4 is 16.0 Å². The van der Waals surface area contributed by atoms with Gasteiger partial charge in [0.1, 0.15) is 5.82 Å². The lowest BCUT2D eigenvalue weighted by Gasteiger charge is -2.31. The number of hydrogen-bond acceptors (Lipinski definition) is 5. The largest absolute Gasteiger partial charge is 0.397 e. The zero-order chi connectivity index (χ0) is 23.4. The van der Waals surface area contributed by atoms with Gasteiger partial charge in [-0.25, -0.2) is 9.18 Å². The van der Waals surface area contributed by atoms with E-state index in [1.165, 1.54) is 6.07 Å². The Hall–Kier alpha value is -3.13. The minimum Gasteiger partial charge on any atom is -0.397 e. The van der Waals surface area contributed by atoms with E-state index in [-0.39, 0.29) is 11.7 Å². The number of nitrogen functional groups attached to an aromatic ring is 1. The first-order chi connectivity index (χ1) is 16.0. The summed E-state index contributed by atoms with van der Waals surface area (Å²) in [6, 6.07) is 6.94. The van der Waals surface area contributed by atoms with Crippen LogP contribution in [0.1, 0.15) is 30.9 Å². The molecule has 0 saturated carbocycles. The van der Waals surface area contributed by atoms with E-state index >= 15 is 0 Å². The van der Waals surface area contributed by atoms with Gasteiger partial charge in [-0.1, -0.05) is 0 Å². The third-order valence-corrected chi connectivity index (χ3v) is 6.21. The summed E-state index contributed by atoms with van der Waals surface area (Å²) in [7, 11) is 0. The molecule has 7 nitrogen and oxygen atoms in total. The van der Waals surface area contributed by atoms with Crippen LogP contribution in [0, 0.1) is 12.7 Å². The highest BCUT2D eigenvalue weighted by Crippen LogP contribution is 2.36. The lowest BCUT2D eigenvalue weighted by molar-refractivity contribution is 0.123. The molecule has 8 heteroatoms. The summed E-state index contributed by atoms with van der Waals surface area (Å²) >= 11 is 0. The highest BCUT2D eigenvalue weighted by atomic mass is 19.1. The number of nitrogens with zero attached hydrogens (tertiary/aromatic N) is 3. The maximum atomic E-state index is 14.8. The van der Waals surface area contributed by atoms with Gasteiger partial charge < -0.3 is 25.6 Å². The standard InChI is InChI=1S/C25H32FN5O2/c1-3-28-16-19-13-18(14-23(24(19)27)30-8-10-33-11-9-30)20-15-22(21(26)12-17(20)2)29-25(32)31-6-4-5-7-31/h12-16H,3-11,27H2,1-2H3,(H,29,32). The fraction of sp³-hybridized carbons (Fsp3) is 0.440. The van der Waals surface area contributed by atoms with Crippen LogP contribution in [0.4, 0.5) is 26.2 Å². The van der Waals surface area contributed by atoms with E-state index in [1.807, 2.05) is 26.0 Å². The van der Waals surface area contributed by atoms with Gasteiger partial charge in [-0.05, 0) is 67.6 Å². The number of aliphatic imine (C=N–C) groups is 1. The molecule has 2 aromatic rings. The van der Waals surface area contributed by atoms with E-state index in [1.54, 1.807) is 17.2 Å². The molecule has 0 bridgehead atoms. The quantitative estimate of drug-likeness (QED) is 0.523. The molecule has 176 valence electrons. The molecule has 2 amide bonds. The number of aryl methyl sites for hydroxylation is 1. The van der Waals surface area contributed by atoms with E-state index in [4.69, 9.17) is 10.5 Å². The van der Waals surface area contributed by atoms with Crippen molar-refractivity contribution in [1.29, 1.82) is 0 Å². The highest BCUT2D eigenvalue weighted by molar-refractivity contribution is 5.96. The average molecular weight is 454 g/mol. The number of carbonyl (C=O) groups excluding carboxylic acids is 1. The smallest absolute Gasteiger partial charge is 0.321 e. The van der Waals surface area contributed by atoms with Gasteiger partial charge in [0.15, 0.2) is 0 Å². The Morgan fingerprint density at radius 2 is 1.91 bits per heavy atom. The molecule has 4 rings (SSSR count). The number of hydrogen-bond donors (Lipinski definition) is 2. The summed E-state index contributed by atoms with van der Waals surface area (Å²) in [4.78, 5) is 20.9. The first-order valence-electron chi connectivity index (χ1n) is 11.6. The Labute approximate surface area is 194 Å². The molecule has 0 spiro atoms. The average Bonchev–Trinajstić information content (AvgIpc) is 3.36. The fourth-order valence-corrected chi connectivity index (χ4v) is 4.37. The van der Waals surface area contributed by atoms with Gasteiger partial charge in [-0.15, -0.1) is 0 Å². The SMILES string of the molecule is CCN=Cc1cc(-c2cc(NC(=O)N3CCCC3)c(F)cc2C)cc(N2CCOCC2)c1N. The van der Waals surface area contributed by atoms with Crippen LogP contribution in [0.5, 0.6) is 0 Å². The van der Waals surface area contributed by atoms with Crippen molar-refractivity contribution < 1.29 is 13.9 Å². The molecule has 0 unspecified atom stereocenters. The van der Waals surface area contributed by atoms with Crippen LogP contribution in [0.3, 0.4) is 0 Å². The zero-order valence-electron chi connectivity index (χ0n) is 19.4. The number of likely N-dealkylation sites (tertiary alicyclic amines) is 1. The molecule has 2 heterocycles. The van der Waals surface area contributed by atoms with Gasteiger partial charge in [0.25, 0.3) is 0 Å². The van der Waals surface area contributed by atoms with E-state index < -0.39 is 5.82 Å². The normalized spacial score (nSPS) is 16.6. The monoisotopic (exact) mass is 453 g/mol. The lowest BCUT2D eigenvalue weighted by atomic mass is 9.96. The molecule has 2 aliphatic heterocycles. The van der Waals surface area contributed by atoms with E-state index in [9.17, 15) is 9.18 Å². The van der Waals surface area contributed by atoms with Crippen LogP contribution in [0.2, 0.25) is 0 Å². The van der Waals surface area contributed by atoms with Crippen molar-refractivity contribution in [2.24, 2.45) is 4.99 Å². The summed E-state index contributed by atoms with van der Waals surface area (Å²) in [5.41, 5.74) is 11.6. The summed E-state index contributed by atoms with van der Waals surface area (Å²) in [6.07, 6.45) is 3.75. The van der Waals surface area contributed by atoms with Crippen LogP contribution in [-0.2, 0) is 4.74 Å². The van der Waals surface area contributed by atoms with Gasteiger partial charge in [0.2, 0.25) is 0 Å². The molecule has 0 aromatic heterocycles. The molecule has 2 aromatic carbocycles. The van der Waals surface area contributed by atoms with Gasteiger partial charge in [-0.3, -0.25) is 4.99 Å². The van der Waals surface area contributed by atoms with Gasteiger partial charge in [0, 0.05) is 44.5 Å². The molecular formula is C25H32FN5O2. The maximum absolute atomic E-state index is 14.8. The number of benzene rings is 2. The van der Waals surface area contributed by atoms with Crippen molar-refractivity contribution in [3.05, 3.63) is 41.2 Å². The molecule has 3 N–H and O–H groups in total. The molecular weight excluding hydrogens is 421 g/mol. The molecule has 0 aliphatic carbocycles. The molecule has 2 fully saturated rings. The summed E-state index contributed by atoms with van der Waals surface area (Å²) < 4.78 is 20.3. The predicted octanol–water partition coefficient (Wildman–Crippen LogP) is 4.29. The van der Waals surface area contributed by atoms with Gasteiger partial charge in [-0.2, -0.15) is 0 Å². The second-order valence-corrected chi connectivity index (χ2v) is 8.50. The second-order valence-electron chi connectivity index (χ2n) is 8.50. The molecule has 33 heavy (non-hydrogen) atoms. The number of rotatable bonds is 5. The van der Waals surface area contributed by atoms with Crippen LogP contribution >= 0.6 is 0 Å². The number of urea groups is 1. The van der Waals surface area contributed by atoms with Crippen molar-refractivity contribution in [2.45, 2.75) is 26.7 Å². The minimum absolute atomic E-state index is 0.182. The Bertz CT molecular complexity index is 1040. The predicted molar refractivity (Wildman–Crippen MR) is 132 cm³/mol.